The lowest BCUT2D eigenvalue weighted by molar-refractivity contribution is 0.245. The number of methoxy groups -OCH3 is 1. The van der Waals surface area contributed by atoms with E-state index in [1.54, 1.807) is 20.4 Å². The van der Waals surface area contributed by atoms with Gasteiger partial charge in [0.2, 0.25) is 0 Å². The first-order chi connectivity index (χ1) is 12.8. The van der Waals surface area contributed by atoms with E-state index in [-0.39, 0.29) is 6.04 Å². The predicted molar refractivity (Wildman–Crippen MR) is 103 cm³/mol. The Morgan fingerprint density at radius 2 is 2.08 bits per heavy atom. The molecule has 1 aromatic carbocycles. The number of hydrogen-bond donors (Lipinski definition) is 2. The van der Waals surface area contributed by atoms with Crippen LogP contribution in [0.5, 0.6) is 5.75 Å². The molecule has 0 radical (unpaired) electrons. The summed E-state index contributed by atoms with van der Waals surface area (Å²) in [5.41, 5.74) is 1.26. The SMILES string of the molecule is CN=C(NCc1ccco1)NCC(c1cccc(OC)c1)N1CCCC1. The number of nitrogens with zero attached hydrogens (tertiary/aromatic N) is 2. The molecule has 2 N–H and O–H groups in total. The predicted octanol–water partition coefficient (Wildman–Crippen LogP) is 2.79. The van der Waals surface area contributed by atoms with Crippen LogP contribution in [0.4, 0.5) is 0 Å². The van der Waals surface area contributed by atoms with Crippen molar-refractivity contribution in [2.45, 2.75) is 25.4 Å². The molecule has 140 valence electrons. The lowest BCUT2D eigenvalue weighted by Crippen LogP contribution is -2.42. The van der Waals surface area contributed by atoms with Crippen molar-refractivity contribution < 1.29 is 9.15 Å². The third-order valence-electron chi connectivity index (χ3n) is 4.76. The number of nitrogens with one attached hydrogen (secondary N) is 2. The lowest BCUT2D eigenvalue weighted by atomic mass is 10.1. The molecule has 6 nitrogen and oxygen atoms in total. The van der Waals surface area contributed by atoms with Gasteiger partial charge in [-0.05, 0) is 55.8 Å². The molecule has 26 heavy (non-hydrogen) atoms. The van der Waals surface area contributed by atoms with E-state index in [0.29, 0.717) is 6.54 Å². The smallest absolute Gasteiger partial charge is 0.191 e. The molecule has 0 spiro atoms. The average molecular weight is 356 g/mol. The van der Waals surface area contributed by atoms with Crippen LogP contribution in [-0.2, 0) is 6.54 Å². The molecule has 1 atom stereocenters. The first-order valence-corrected chi connectivity index (χ1v) is 9.15. The molecule has 2 heterocycles. The van der Waals surface area contributed by atoms with E-state index in [9.17, 15) is 0 Å². The minimum atomic E-state index is 0.287. The molecular weight excluding hydrogens is 328 g/mol. The van der Waals surface area contributed by atoms with Crippen molar-refractivity contribution in [3.63, 3.8) is 0 Å². The molecule has 2 aromatic rings. The molecule has 0 amide bonds. The third-order valence-corrected chi connectivity index (χ3v) is 4.76. The van der Waals surface area contributed by atoms with Gasteiger partial charge in [-0.3, -0.25) is 9.89 Å². The number of ether oxygens (including phenoxy) is 1. The second kappa shape index (κ2) is 9.29. The highest BCUT2D eigenvalue weighted by Crippen LogP contribution is 2.27. The van der Waals surface area contributed by atoms with E-state index in [0.717, 1.165) is 37.1 Å². The number of rotatable bonds is 7. The summed E-state index contributed by atoms with van der Waals surface area (Å²) < 4.78 is 10.8. The van der Waals surface area contributed by atoms with Gasteiger partial charge in [0.1, 0.15) is 11.5 Å². The van der Waals surface area contributed by atoms with Crippen molar-refractivity contribution in [1.82, 2.24) is 15.5 Å². The number of hydrogen-bond acceptors (Lipinski definition) is 4. The van der Waals surface area contributed by atoms with Crippen molar-refractivity contribution in [3.8, 4) is 5.75 Å². The summed E-state index contributed by atoms with van der Waals surface area (Å²) in [6.07, 6.45) is 4.19. The second-order valence-electron chi connectivity index (χ2n) is 6.42. The van der Waals surface area contributed by atoms with Gasteiger partial charge in [0.25, 0.3) is 0 Å². The van der Waals surface area contributed by atoms with Crippen molar-refractivity contribution in [2.75, 3.05) is 33.8 Å². The van der Waals surface area contributed by atoms with Gasteiger partial charge in [-0.1, -0.05) is 12.1 Å². The van der Waals surface area contributed by atoms with E-state index in [4.69, 9.17) is 9.15 Å². The topological polar surface area (TPSA) is 62.0 Å². The molecule has 1 saturated heterocycles. The Kier molecular flexibility index (Phi) is 6.55. The Labute approximate surface area is 155 Å². The summed E-state index contributed by atoms with van der Waals surface area (Å²) in [6, 6.07) is 12.5. The van der Waals surface area contributed by atoms with E-state index in [2.05, 4.69) is 38.7 Å². The molecule has 1 aromatic heterocycles. The van der Waals surface area contributed by atoms with Gasteiger partial charge in [0.05, 0.1) is 26.0 Å². The fourth-order valence-electron chi connectivity index (χ4n) is 3.36. The highest BCUT2D eigenvalue weighted by Gasteiger charge is 2.24. The van der Waals surface area contributed by atoms with Gasteiger partial charge in [-0.25, -0.2) is 0 Å². The van der Waals surface area contributed by atoms with Crippen LogP contribution in [0, 0.1) is 0 Å². The Hall–Kier alpha value is -2.47. The zero-order valence-electron chi connectivity index (χ0n) is 15.6. The highest BCUT2D eigenvalue weighted by atomic mass is 16.5. The van der Waals surface area contributed by atoms with Gasteiger partial charge < -0.3 is 19.8 Å². The summed E-state index contributed by atoms with van der Waals surface area (Å²) in [4.78, 5) is 6.85. The van der Waals surface area contributed by atoms with Gasteiger partial charge in [0, 0.05) is 13.6 Å². The number of benzene rings is 1. The minimum Gasteiger partial charge on any atom is -0.497 e. The summed E-state index contributed by atoms with van der Waals surface area (Å²) in [6.45, 7) is 3.65. The molecule has 1 fully saturated rings. The first-order valence-electron chi connectivity index (χ1n) is 9.15. The van der Waals surface area contributed by atoms with E-state index < -0.39 is 0 Å². The Morgan fingerprint density at radius 3 is 2.77 bits per heavy atom. The summed E-state index contributed by atoms with van der Waals surface area (Å²) in [7, 11) is 3.50. The number of aliphatic imine (C=N–C) groups is 1. The number of guanidine groups is 1. The average Bonchev–Trinajstić information content (AvgIpc) is 3.38. The van der Waals surface area contributed by atoms with E-state index in [1.165, 1.54) is 18.4 Å². The largest absolute Gasteiger partial charge is 0.497 e. The fraction of sp³-hybridized carbons (Fsp3) is 0.450. The maximum Gasteiger partial charge on any atom is 0.191 e. The van der Waals surface area contributed by atoms with Crippen molar-refractivity contribution in [1.29, 1.82) is 0 Å². The Bertz CT molecular complexity index is 694. The van der Waals surface area contributed by atoms with Gasteiger partial charge >= 0.3 is 0 Å². The molecule has 1 aliphatic heterocycles. The molecule has 0 aliphatic carbocycles. The Balaban J connectivity index is 1.64. The normalized spacial score (nSPS) is 16.5. The monoisotopic (exact) mass is 356 g/mol. The maximum atomic E-state index is 5.41. The van der Waals surface area contributed by atoms with Gasteiger partial charge in [-0.2, -0.15) is 0 Å². The molecule has 6 heteroatoms. The van der Waals surface area contributed by atoms with E-state index >= 15 is 0 Å². The number of likely N-dealkylation sites (tertiary alicyclic amines) is 1. The molecule has 1 unspecified atom stereocenters. The van der Waals surface area contributed by atoms with Crippen LogP contribution in [0.15, 0.2) is 52.1 Å². The van der Waals surface area contributed by atoms with Crippen LogP contribution in [0.1, 0.15) is 30.2 Å². The van der Waals surface area contributed by atoms with Crippen molar-refractivity contribution >= 4 is 5.96 Å². The number of furan rings is 1. The fourth-order valence-corrected chi connectivity index (χ4v) is 3.36. The molecule has 1 aliphatic rings. The summed E-state index contributed by atoms with van der Waals surface area (Å²) in [5.74, 6) is 2.55. The maximum absolute atomic E-state index is 5.41. The van der Waals surface area contributed by atoms with Crippen LogP contribution >= 0.6 is 0 Å². The zero-order chi connectivity index (χ0) is 18.2. The van der Waals surface area contributed by atoms with Gasteiger partial charge in [-0.15, -0.1) is 0 Å². The molecule has 0 saturated carbocycles. The van der Waals surface area contributed by atoms with Crippen molar-refractivity contribution in [3.05, 3.63) is 54.0 Å². The lowest BCUT2D eigenvalue weighted by Gasteiger charge is -2.29. The molecule has 3 rings (SSSR count). The summed E-state index contributed by atoms with van der Waals surface area (Å²) >= 11 is 0. The van der Waals surface area contributed by atoms with E-state index in [1.807, 2.05) is 18.2 Å². The van der Waals surface area contributed by atoms with Gasteiger partial charge in [0.15, 0.2) is 5.96 Å². The van der Waals surface area contributed by atoms with Crippen LogP contribution in [0.25, 0.3) is 0 Å². The molecule has 0 bridgehead atoms. The second-order valence-corrected chi connectivity index (χ2v) is 6.42. The standard InChI is InChI=1S/C20H28N4O2/c1-21-20(22-14-18-9-6-12-26-18)23-15-19(24-10-3-4-11-24)16-7-5-8-17(13-16)25-2/h5-9,12-13,19H,3-4,10-11,14-15H2,1-2H3,(H2,21,22,23). The van der Waals surface area contributed by atoms with Crippen molar-refractivity contribution in [2.24, 2.45) is 4.99 Å². The molecular formula is C20H28N4O2. The highest BCUT2D eigenvalue weighted by molar-refractivity contribution is 5.79. The van der Waals surface area contributed by atoms with Crippen LogP contribution < -0.4 is 15.4 Å². The summed E-state index contributed by atoms with van der Waals surface area (Å²) in [5, 5.41) is 6.75. The van der Waals surface area contributed by atoms with Crippen LogP contribution in [0.2, 0.25) is 0 Å². The van der Waals surface area contributed by atoms with Crippen LogP contribution in [-0.4, -0.2) is 44.7 Å². The quantitative estimate of drug-likeness (QED) is 0.590. The first kappa shape index (κ1) is 18.3. The minimum absolute atomic E-state index is 0.287. The van der Waals surface area contributed by atoms with Crippen LogP contribution in [0.3, 0.4) is 0 Å². The third kappa shape index (κ3) is 4.79. The Morgan fingerprint density at radius 1 is 1.23 bits per heavy atom. The zero-order valence-corrected chi connectivity index (χ0v) is 15.6.